The normalized spacial score (nSPS) is 9.32. The van der Waals surface area contributed by atoms with Crippen LogP contribution in [0.4, 0.5) is 0 Å². The minimum atomic E-state index is 0. The van der Waals surface area contributed by atoms with Gasteiger partial charge < -0.3 is 10.2 Å². The zero-order valence-electron chi connectivity index (χ0n) is 9.83. The highest BCUT2D eigenvalue weighted by Gasteiger charge is 2.07. The van der Waals surface area contributed by atoms with Gasteiger partial charge in [0.15, 0.2) is 0 Å². The van der Waals surface area contributed by atoms with Gasteiger partial charge in [0.25, 0.3) is 0 Å². The largest absolute Gasteiger partial charge is 0.464 e. The van der Waals surface area contributed by atoms with Crippen LogP contribution >= 0.6 is 37.2 Å². The van der Waals surface area contributed by atoms with Gasteiger partial charge in [0.2, 0.25) is 0 Å². The zero-order valence-corrected chi connectivity index (χ0v) is 12.3. The molecule has 3 rings (SSSR count). The Bertz CT molecular complexity index is 622. The third-order valence-corrected chi connectivity index (χ3v) is 2.68. The van der Waals surface area contributed by atoms with Crippen LogP contribution in [-0.4, -0.2) is 10.2 Å². The average molecular weight is 323 g/mol. The Balaban J connectivity index is 0.00000108. The SMILES string of the molecule is Cl.Cl.Cl.NCc1cc(-c2cn[nH]c2)cc2ccoc12. The number of halogens is 3. The summed E-state index contributed by atoms with van der Waals surface area (Å²) in [6.07, 6.45) is 5.34. The molecular weight excluding hydrogens is 309 g/mol. The first-order valence-corrected chi connectivity index (χ1v) is 5.08. The number of nitrogens with two attached hydrogens (primary N) is 1. The first-order valence-electron chi connectivity index (χ1n) is 5.08. The van der Waals surface area contributed by atoms with E-state index in [0.717, 1.165) is 27.7 Å². The van der Waals surface area contributed by atoms with Crippen LogP contribution in [0.1, 0.15) is 5.56 Å². The third-order valence-electron chi connectivity index (χ3n) is 2.68. The number of H-pyrrole nitrogens is 1. The van der Waals surface area contributed by atoms with E-state index in [1.807, 2.05) is 18.3 Å². The van der Waals surface area contributed by atoms with E-state index in [1.54, 1.807) is 12.5 Å². The maximum absolute atomic E-state index is 5.71. The zero-order chi connectivity index (χ0) is 11.0. The molecule has 0 bridgehead atoms. The Kier molecular flexibility index (Phi) is 6.94. The van der Waals surface area contributed by atoms with Gasteiger partial charge in [-0.05, 0) is 23.8 Å². The molecule has 0 saturated heterocycles. The number of aromatic nitrogens is 2. The molecule has 104 valence electrons. The Hall–Kier alpha value is -1.20. The maximum Gasteiger partial charge on any atom is 0.138 e. The minimum Gasteiger partial charge on any atom is -0.464 e. The summed E-state index contributed by atoms with van der Waals surface area (Å²) in [7, 11) is 0. The van der Waals surface area contributed by atoms with Crippen molar-refractivity contribution >= 4 is 48.2 Å². The molecule has 0 atom stereocenters. The topological polar surface area (TPSA) is 67.8 Å². The minimum absolute atomic E-state index is 0. The monoisotopic (exact) mass is 321 g/mol. The highest BCUT2D eigenvalue weighted by atomic mass is 35.5. The molecule has 4 nitrogen and oxygen atoms in total. The predicted molar refractivity (Wildman–Crippen MR) is 83.4 cm³/mol. The molecule has 2 heterocycles. The lowest BCUT2D eigenvalue weighted by Crippen LogP contribution is -1.96. The molecule has 0 aliphatic heterocycles. The van der Waals surface area contributed by atoms with Crippen LogP contribution < -0.4 is 5.73 Å². The Morgan fingerprint density at radius 1 is 1.16 bits per heavy atom. The molecule has 0 amide bonds. The highest BCUT2D eigenvalue weighted by molar-refractivity contribution is 5.86. The molecule has 0 fully saturated rings. The van der Waals surface area contributed by atoms with Crippen LogP contribution in [0.15, 0.2) is 41.3 Å². The first-order chi connectivity index (χ1) is 7.88. The fourth-order valence-electron chi connectivity index (χ4n) is 1.88. The molecule has 3 aromatic rings. The summed E-state index contributed by atoms with van der Waals surface area (Å²) >= 11 is 0. The second-order valence-electron chi connectivity index (χ2n) is 3.67. The van der Waals surface area contributed by atoms with E-state index in [9.17, 15) is 0 Å². The molecule has 0 aliphatic rings. The molecule has 0 spiro atoms. The number of rotatable bonds is 2. The number of aromatic amines is 1. The first kappa shape index (κ1) is 17.8. The molecule has 0 saturated carbocycles. The summed E-state index contributed by atoms with van der Waals surface area (Å²) in [6.45, 7) is 0.468. The standard InChI is InChI=1S/C12H11N3O.3ClH/c13-5-10-4-9(11-6-14-15-7-11)3-8-1-2-16-12(8)10;;;/h1-4,6-7H,5,13H2,(H,14,15);3*1H. The van der Waals surface area contributed by atoms with Gasteiger partial charge in [-0.2, -0.15) is 5.10 Å². The maximum atomic E-state index is 5.71. The van der Waals surface area contributed by atoms with Crippen molar-refractivity contribution in [2.24, 2.45) is 5.73 Å². The van der Waals surface area contributed by atoms with Crippen LogP contribution in [0.2, 0.25) is 0 Å². The number of furan rings is 1. The van der Waals surface area contributed by atoms with Crippen molar-refractivity contribution in [3.8, 4) is 11.1 Å². The van der Waals surface area contributed by atoms with E-state index in [0.29, 0.717) is 6.54 Å². The third kappa shape index (κ3) is 3.22. The van der Waals surface area contributed by atoms with Crippen molar-refractivity contribution < 1.29 is 4.42 Å². The molecule has 7 heteroatoms. The molecule has 0 unspecified atom stereocenters. The van der Waals surface area contributed by atoms with Crippen molar-refractivity contribution in [1.82, 2.24) is 10.2 Å². The number of fused-ring (bicyclic) bond motifs is 1. The molecular formula is C12H14Cl3N3O. The number of hydrogen-bond acceptors (Lipinski definition) is 3. The second kappa shape index (κ2) is 7.40. The number of benzene rings is 1. The number of nitrogens with zero attached hydrogens (tertiary/aromatic N) is 1. The van der Waals surface area contributed by atoms with Crippen LogP contribution in [0.3, 0.4) is 0 Å². The molecule has 0 radical (unpaired) electrons. The van der Waals surface area contributed by atoms with Crippen LogP contribution in [-0.2, 0) is 6.54 Å². The Labute approximate surface area is 129 Å². The van der Waals surface area contributed by atoms with Gasteiger partial charge in [0.05, 0.1) is 12.5 Å². The van der Waals surface area contributed by atoms with Crippen LogP contribution in [0.25, 0.3) is 22.1 Å². The van der Waals surface area contributed by atoms with Crippen LogP contribution in [0.5, 0.6) is 0 Å². The number of nitrogens with one attached hydrogen (secondary N) is 1. The van der Waals surface area contributed by atoms with Crippen molar-refractivity contribution in [2.45, 2.75) is 6.54 Å². The van der Waals surface area contributed by atoms with Gasteiger partial charge >= 0.3 is 0 Å². The van der Waals surface area contributed by atoms with Gasteiger partial charge in [-0.1, -0.05) is 0 Å². The van der Waals surface area contributed by atoms with Gasteiger partial charge in [-0.25, -0.2) is 0 Å². The van der Waals surface area contributed by atoms with Gasteiger partial charge in [0, 0.05) is 29.3 Å². The summed E-state index contributed by atoms with van der Waals surface area (Å²) in [6, 6.07) is 6.05. The van der Waals surface area contributed by atoms with Gasteiger partial charge in [-0.15, -0.1) is 37.2 Å². The molecule has 2 aromatic heterocycles. The predicted octanol–water partition coefficient (Wildman–Crippen LogP) is 3.55. The van der Waals surface area contributed by atoms with Crippen molar-refractivity contribution in [3.63, 3.8) is 0 Å². The van der Waals surface area contributed by atoms with E-state index in [-0.39, 0.29) is 37.2 Å². The molecule has 0 aliphatic carbocycles. The van der Waals surface area contributed by atoms with E-state index in [1.165, 1.54) is 0 Å². The Morgan fingerprint density at radius 3 is 2.58 bits per heavy atom. The lowest BCUT2D eigenvalue weighted by Gasteiger charge is -2.02. The van der Waals surface area contributed by atoms with Crippen molar-refractivity contribution in [3.05, 3.63) is 42.4 Å². The van der Waals surface area contributed by atoms with Crippen LogP contribution in [0, 0.1) is 0 Å². The van der Waals surface area contributed by atoms with E-state index in [4.69, 9.17) is 10.2 Å². The molecule has 19 heavy (non-hydrogen) atoms. The van der Waals surface area contributed by atoms with Crippen molar-refractivity contribution in [1.29, 1.82) is 0 Å². The smallest absolute Gasteiger partial charge is 0.138 e. The number of hydrogen-bond donors (Lipinski definition) is 2. The quantitative estimate of drug-likeness (QED) is 0.758. The second-order valence-corrected chi connectivity index (χ2v) is 3.67. The summed E-state index contributed by atoms with van der Waals surface area (Å²) in [5.41, 5.74) is 9.75. The Morgan fingerprint density at radius 2 is 1.95 bits per heavy atom. The highest BCUT2D eigenvalue weighted by Crippen LogP contribution is 2.27. The summed E-state index contributed by atoms with van der Waals surface area (Å²) in [4.78, 5) is 0. The summed E-state index contributed by atoms with van der Waals surface area (Å²) in [5, 5.41) is 7.81. The van der Waals surface area contributed by atoms with E-state index >= 15 is 0 Å². The lowest BCUT2D eigenvalue weighted by atomic mass is 10.0. The molecule has 1 aromatic carbocycles. The summed E-state index contributed by atoms with van der Waals surface area (Å²) < 4.78 is 5.41. The summed E-state index contributed by atoms with van der Waals surface area (Å²) in [5.74, 6) is 0. The molecule has 3 N–H and O–H groups in total. The average Bonchev–Trinajstić information content (AvgIpc) is 2.97. The van der Waals surface area contributed by atoms with Gasteiger partial charge in [-0.3, -0.25) is 5.10 Å². The van der Waals surface area contributed by atoms with Gasteiger partial charge in [0.1, 0.15) is 5.58 Å². The fourth-order valence-corrected chi connectivity index (χ4v) is 1.88. The van der Waals surface area contributed by atoms with E-state index in [2.05, 4.69) is 16.3 Å². The fraction of sp³-hybridized carbons (Fsp3) is 0.0833. The lowest BCUT2D eigenvalue weighted by molar-refractivity contribution is 0.611. The van der Waals surface area contributed by atoms with Crippen molar-refractivity contribution in [2.75, 3.05) is 0 Å². The van der Waals surface area contributed by atoms with E-state index < -0.39 is 0 Å².